The molecule has 0 aliphatic heterocycles. The molecule has 0 aromatic carbocycles. The van der Waals surface area contributed by atoms with Crippen molar-refractivity contribution in [2.75, 3.05) is 6.54 Å². The molecular weight excluding hydrogens is 252 g/mol. The van der Waals surface area contributed by atoms with Gasteiger partial charge in [0.25, 0.3) is 0 Å². The van der Waals surface area contributed by atoms with Crippen molar-refractivity contribution >= 4 is 15.9 Å². The second-order valence-electron chi connectivity index (χ2n) is 3.64. The van der Waals surface area contributed by atoms with Gasteiger partial charge in [0, 0.05) is 10.7 Å². The lowest BCUT2D eigenvalue weighted by molar-refractivity contribution is 0.533. The maximum atomic E-state index is 4.40. The first kappa shape index (κ1) is 12.4. The van der Waals surface area contributed by atoms with Gasteiger partial charge in [-0.05, 0) is 48.0 Å². The molecule has 0 aliphatic rings. The van der Waals surface area contributed by atoms with Crippen molar-refractivity contribution in [1.29, 1.82) is 0 Å². The standard InChI is InChI=1S/C12H17BrN2/c1-4-14-11(8-9(2)3)12-10(13)6-5-7-15-12/h5-7,11,14H,2,4,8H2,1,3H3. The second-order valence-corrected chi connectivity index (χ2v) is 4.50. The van der Waals surface area contributed by atoms with Crippen molar-refractivity contribution in [2.45, 2.75) is 26.3 Å². The van der Waals surface area contributed by atoms with Gasteiger partial charge in [0.1, 0.15) is 0 Å². The molecule has 1 rings (SSSR count). The number of halogens is 1. The molecule has 0 amide bonds. The molecule has 1 aromatic heterocycles. The third-order valence-corrected chi connectivity index (χ3v) is 2.79. The number of rotatable bonds is 5. The zero-order valence-electron chi connectivity index (χ0n) is 9.26. The molecule has 2 nitrogen and oxygen atoms in total. The highest BCUT2D eigenvalue weighted by Crippen LogP contribution is 2.25. The largest absolute Gasteiger partial charge is 0.309 e. The van der Waals surface area contributed by atoms with Crippen LogP contribution in [0.2, 0.25) is 0 Å². The molecule has 1 atom stereocenters. The van der Waals surface area contributed by atoms with Crippen molar-refractivity contribution in [1.82, 2.24) is 10.3 Å². The van der Waals surface area contributed by atoms with Gasteiger partial charge < -0.3 is 5.32 Å². The van der Waals surface area contributed by atoms with Crippen LogP contribution in [0.4, 0.5) is 0 Å². The number of pyridine rings is 1. The van der Waals surface area contributed by atoms with Crippen LogP contribution in [0, 0.1) is 0 Å². The average Bonchev–Trinajstić information content (AvgIpc) is 2.17. The van der Waals surface area contributed by atoms with Crippen LogP contribution in [0.1, 0.15) is 32.0 Å². The highest BCUT2D eigenvalue weighted by molar-refractivity contribution is 9.10. The summed E-state index contributed by atoms with van der Waals surface area (Å²) < 4.78 is 1.05. The molecule has 1 N–H and O–H groups in total. The number of nitrogens with one attached hydrogen (secondary N) is 1. The quantitative estimate of drug-likeness (QED) is 0.828. The van der Waals surface area contributed by atoms with E-state index in [1.54, 1.807) is 0 Å². The van der Waals surface area contributed by atoms with Gasteiger partial charge in [-0.1, -0.05) is 12.5 Å². The van der Waals surface area contributed by atoms with E-state index in [1.165, 1.54) is 5.57 Å². The minimum atomic E-state index is 0.253. The summed E-state index contributed by atoms with van der Waals surface area (Å²) >= 11 is 3.52. The molecule has 1 unspecified atom stereocenters. The van der Waals surface area contributed by atoms with Gasteiger partial charge in [0.2, 0.25) is 0 Å². The first-order chi connectivity index (χ1) is 7.15. The fourth-order valence-electron chi connectivity index (χ4n) is 1.51. The van der Waals surface area contributed by atoms with Crippen LogP contribution in [0.15, 0.2) is 35.0 Å². The van der Waals surface area contributed by atoms with Gasteiger partial charge >= 0.3 is 0 Å². The lowest BCUT2D eigenvalue weighted by Gasteiger charge is -2.18. The predicted octanol–water partition coefficient (Wildman–Crippen LogP) is 3.46. The summed E-state index contributed by atoms with van der Waals surface area (Å²) in [6.45, 7) is 9.02. The highest BCUT2D eigenvalue weighted by Gasteiger charge is 2.14. The molecule has 0 bridgehead atoms. The summed E-state index contributed by atoms with van der Waals surface area (Å²) in [6, 6.07) is 4.20. The zero-order valence-corrected chi connectivity index (χ0v) is 10.8. The fraction of sp³-hybridized carbons (Fsp3) is 0.417. The molecule has 1 aromatic rings. The highest BCUT2D eigenvalue weighted by atomic mass is 79.9. The van der Waals surface area contributed by atoms with Crippen molar-refractivity contribution in [3.63, 3.8) is 0 Å². The topological polar surface area (TPSA) is 24.9 Å². The molecule has 0 fully saturated rings. The van der Waals surface area contributed by atoms with E-state index in [-0.39, 0.29) is 6.04 Å². The maximum Gasteiger partial charge on any atom is 0.0718 e. The van der Waals surface area contributed by atoms with Crippen molar-refractivity contribution in [3.8, 4) is 0 Å². The van der Waals surface area contributed by atoms with E-state index < -0.39 is 0 Å². The van der Waals surface area contributed by atoms with Crippen LogP contribution in [-0.2, 0) is 0 Å². The van der Waals surface area contributed by atoms with Gasteiger partial charge in [-0.15, -0.1) is 6.58 Å². The molecular formula is C12H17BrN2. The third-order valence-electron chi connectivity index (χ3n) is 2.12. The van der Waals surface area contributed by atoms with Crippen LogP contribution >= 0.6 is 15.9 Å². The summed E-state index contributed by atoms with van der Waals surface area (Å²) in [7, 11) is 0. The van der Waals surface area contributed by atoms with Crippen LogP contribution in [0.5, 0.6) is 0 Å². The van der Waals surface area contributed by atoms with E-state index in [1.807, 2.05) is 25.3 Å². The summed E-state index contributed by atoms with van der Waals surface area (Å²) in [5, 5.41) is 3.42. The van der Waals surface area contributed by atoms with E-state index in [2.05, 4.69) is 39.7 Å². The Labute approximate surface area is 99.9 Å². The molecule has 0 aliphatic carbocycles. The lowest BCUT2D eigenvalue weighted by Crippen LogP contribution is -2.22. The normalized spacial score (nSPS) is 12.5. The summed E-state index contributed by atoms with van der Waals surface area (Å²) in [4.78, 5) is 4.40. The van der Waals surface area contributed by atoms with Crippen LogP contribution in [-0.4, -0.2) is 11.5 Å². The van der Waals surface area contributed by atoms with Crippen molar-refractivity contribution in [3.05, 3.63) is 40.6 Å². The smallest absolute Gasteiger partial charge is 0.0718 e. The number of hydrogen-bond acceptors (Lipinski definition) is 2. The van der Waals surface area contributed by atoms with Crippen LogP contribution < -0.4 is 5.32 Å². The molecule has 0 saturated heterocycles. The summed E-state index contributed by atoms with van der Waals surface area (Å²) in [6.07, 6.45) is 2.74. The molecule has 1 heterocycles. The Kier molecular flexibility index (Phi) is 4.99. The van der Waals surface area contributed by atoms with Crippen LogP contribution in [0.25, 0.3) is 0 Å². The Bertz CT molecular complexity index is 336. The van der Waals surface area contributed by atoms with E-state index in [0.29, 0.717) is 0 Å². The predicted molar refractivity (Wildman–Crippen MR) is 67.8 cm³/mol. The SMILES string of the molecule is C=C(C)CC(NCC)c1ncccc1Br. The fourth-order valence-corrected chi connectivity index (χ4v) is 2.05. The van der Waals surface area contributed by atoms with Gasteiger partial charge in [-0.3, -0.25) is 4.98 Å². The van der Waals surface area contributed by atoms with E-state index in [4.69, 9.17) is 0 Å². The molecule has 0 radical (unpaired) electrons. The van der Waals surface area contributed by atoms with E-state index >= 15 is 0 Å². The third kappa shape index (κ3) is 3.76. The Morgan fingerprint density at radius 2 is 2.40 bits per heavy atom. The number of aromatic nitrogens is 1. The Morgan fingerprint density at radius 1 is 1.67 bits per heavy atom. The van der Waals surface area contributed by atoms with E-state index in [9.17, 15) is 0 Å². The average molecular weight is 269 g/mol. The maximum absolute atomic E-state index is 4.40. The van der Waals surface area contributed by atoms with E-state index in [0.717, 1.165) is 23.1 Å². The molecule has 3 heteroatoms. The minimum Gasteiger partial charge on any atom is -0.309 e. The number of nitrogens with zero attached hydrogens (tertiary/aromatic N) is 1. The molecule has 15 heavy (non-hydrogen) atoms. The van der Waals surface area contributed by atoms with Crippen LogP contribution in [0.3, 0.4) is 0 Å². The Hall–Kier alpha value is -0.670. The second kappa shape index (κ2) is 6.03. The minimum absolute atomic E-state index is 0.253. The van der Waals surface area contributed by atoms with Gasteiger partial charge in [-0.2, -0.15) is 0 Å². The van der Waals surface area contributed by atoms with Gasteiger partial charge in [-0.25, -0.2) is 0 Å². The number of hydrogen-bond donors (Lipinski definition) is 1. The monoisotopic (exact) mass is 268 g/mol. The van der Waals surface area contributed by atoms with Crippen molar-refractivity contribution < 1.29 is 0 Å². The first-order valence-corrected chi connectivity index (χ1v) is 5.92. The summed E-state index contributed by atoms with van der Waals surface area (Å²) in [5.41, 5.74) is 2.22. The Balaban J connectivity index is 2.88. The van der Waals surface area contributed by atoms with Crippen molar-refractivity contribution in [2.24, 2.45) is 0 Å². The summed E-state index contributed by atoms with van der Waals surface area (Å²) in [5.74, 6) is 0. The molecule has 0 saturated carbocycles. The molecule has 0 spiro atoms. The zero-order chi connectivity index (χ0) is 11.3. The Morgan fingerprint density at radius 3 is 2.93 bits per heavy atom. The molecule has 82 valence electrons. The first-order valence-electron chi connectivity index (χ1n) is 5.13. The van der Waals surface area contributed by atoms with Gasteiger partial charge in [0.15, 0.2) is 0 Å². The lowest BCUT2D eigenvalue weighted by atomic mass is 10.1. The van der Waals surface area contributed by atoms with Gasteiger partial charge in [0.05, 0.1) is 11.7 Å².